The van der Waals surface area contributed by atoms with Crippen LogP contribution in [-0.4, -0.2) is 48.1 Å². The van der Waals surface area contributed by atoms with Gasteiger partial charge in [0.2, 0.25) is 0 Å². The number of hydrogen-bond donors (Lipinski definition) is 1. The van der Waals surface area contributed by atoms with Gasteiger partial charge in [-0.15, -0.1) is 0 Å². The summed E-state index contributed by atoms with van der Waals surface area (Å²) in [5.41, 5.74) is 0. The summed E-state index contributed by atoms with van der Waals surface area (Å²) in [6.07, 6.45) is 0.668. The summed E-state index contributed by atoms with van der Waals surface area (Å²) in [5, 5.41) is 0. The Bertz CT molecular complexity index is 208. The molecule has 5 nitrogen and oxygen atoms in total. The minimum atomic E-state index is -0.393. The number of nitrogens with two attached hydrogens (primary N) is 1. The molecule has 0 aromatic heterocycles. The van der Waals surface area contributed by atoms with Crippen LogP contribution in [0.25, 0.3) is 0 Å². The smallest absolute Gasteiger partial charge is 0.357 e. The third-order valence-corrected chi connectivity index (χ3v) is 2.85. The van der Waals surface area contributed by atoms with Crippen LogP contribution < -0.4 is 5.90 Å². The van der Waals surface area contributed by atoms with Crippen molar-refractivity contribution in [3.63, 3.8) is 0 Å². The van der Waals surface area contributed by atoms with E-state index < -0.39 is 6.09 Å². The number of hydrogen-bond acceptors (Lipinski definition) is 4. The van der Waals surface area contributed by atoms with Crippen molar-refractivity contribution in [2.45, 2.75) is 32.4 Å². The van der Waals surface area contributed by atoms with Crippen LogP contribution in [0, 0.1) is 0 Å². The Labute approximate surface area is 84.7 Å². The molecule has 0 aromatic carbocycles. The molecule has 2 bridgehead atoms. The third kappa shape index (κ3) is 1.83. The number of likely N-dealkylation sites (N-methyl/N-ethyl adjacent to an activating group) is 1. The van der Waals surface area contributed by atoms with Crippen molar-refractivity contribution in [2.24, 2.45) is 5.90 Å². The number of carbonyl (C=O) groups excluding carboxylic acids is 1. The van der Waals surface area contributed by atoms with Gasteiger partial charge in [0.25, 0.3) is 0 Å². The molecule has 2 atom stereocenters. The Morgan fingerprint density at radius 1 is 1.36 bits per heavy atom. The van der Waals surface area contributed by atoms with Crippen molar-refractivity contribution in [3.05, 3.63) is 0 Å². The molecule has 0 aromatic rings. The zero-order valence-corrected chi connectivity index (χ0v) is 9.06. The molecule has 14 heavy (non-hydrogen) atoms. The molecule has 82 valence electrons. The fourth-order valence-corrected chi connectivity index (χ4v) is 2.16. The average molecular weight is 201 g/mol. The molecular formula is C9H19N3O2. The van der Waals surface area contributed by atoms with Crippen LogP contribution in [0.4, 0.5) is 4.79 Å². The van der Waals surface area contributed by atoms with E-state index >= 15 is 0 Å². The normalized spacial score (nSPS) is 29.9. The van der Waals surface area contributed by atoms with Crippen molar-refractivity contribution in [1.82, 2.24) is 9.80 Å². The number of amides is 1. The SMILES string of the molecule is CC.CN1CC2CC1CN2C(=O)ON. The minimum absolute atomic E-state index is 0.316. The van der Waals surface area contributed by atoms with Gasteiger partial charge in [0.05, 0.1) is 0 Å². The highest BCUT2D eigenvalue weighted by molar-refractivity contribution is 5.68. The van der Waals surface area contributed by atoms with Crippen molar-refractivity contribution in [3.8, 4) is 0 Å². The summed E-state index contributed by atoms with van der Waals surface area (Å²) in [6.45, 7) is 5.71. The lowest BCUT2D eigenvalue weighted by atomic mass is 10.2. The van der Waals surface area contributed by atoms with Crippen molar-refractivity contribution < 1.29 is 9.63 Å². The first-order valence-corrected chi connectivity index (χ1v) is 5.10. The van der Waals surface area contributed by atoms with Gasteiger partial charge in [0.1, 0.15) is 0 Å². The van der Waals surface area contributed by atoms with E-state index in [4.69, 9.17) is 5.90 Å². The Morgan fingerprint density at radius 2 is 2.00 bits per heavy atom. The number of rotatable bonds is 0. The van der Waals surface area contributed by atoms with Gasteiger partial charge in [-0.05, 0) is 13.5 Å². The van der Waals surface area contributed by atoms with Crippen molar-refractivity contribution >= 4 is 6.09 Å². The summed E-state index contributed by atoms with van der Waals surface area (Å²) in [5.74, 6) is 4.81. The number of piperazine rings is 1. The zero-order chi connectivity index (χ0) is 10.7. The lowest BCUT2D eigenvalue weighted by molar-refractivity contribution is 0.0797. The molecule has 0 radical (unpaired) electrons. The monoisotopic (exact) mass is 201 g/mol. The molecule has 0 saturated carbocycles. The first kappa shape index (κ1) is 11.3. The first-order chi connectivity index (χ1) is 6.72. The second-order valence-electron chi connectivity index (χ2n) is 3.52. The predicted molar refractivity (Wildman–Crippen MR) is 53.5 cm³/mol. The largest absolute Gasteiger partial charge is 0.428 e. The molecule has 1 amide bonds. The molecular weight excluding hydrogens is 182 g/mol. The molecule has 2 N–H and O–H groups in total. The first-order valence-electron chi connectivity index (χ1n) is 5.10. The molecule has 2 aliphatic rings. The Morgan fingerprint density at radius 3 is 2.36 bits per heavy atom. The lowest BCUT2D eigenvalue weighted by Gasteiger charge is -2.30. The van der Waals surface area contributed by atoms with Gasteiger partial charge in [0.15, 0.2) is 0 Å². The Hall–Kier alpha value is -0.810. The third-order valence-electron chi connectivity index (χ3n) is 2.85. The highest BCUT2D eigenvalue weighted by Gasteiger charge is 2.44. The number of likely N-dealkylation sites (tertiary alicyclic amines) is 2. The number of carbonyl (C=O) groups is 1. The van der Waals surface area contributed by atoms with Crippen LogP contribution >= 0.6 is 0 Å². The van der Waals surface area contributed by atoms with Gasteiger partial charge < -0.3 is 9.74 Å². The molecule has 5 heteroatoms. The Kier molecular flexibility index (Phi) is 3.71. The summed E-state index contributed by atoms with van der Waals surface area (Å²) in [4.78, 5) is 19.2. The molecule has 2 heterocycles. The summed E-state index contributed by atoms with van der Waals surface area (Å²) in [6, 6.07) is 0.824. The van der Waals surface area contributed by atoms with Gasteiger partial charge in [-0.2, -0.15) is 5.90 Å². The van der Waals surface area contributed by atoms with Crippen LogP contribution in [0.15, 0.2) is 0 Å². The minimum Gasteiger partial charge on any atom is -0.357 e. The Balaban J connectivity index is 0.000000461. The average Bonchev–Trinajstić information content (AvgIpc) is 2.78. The van der Waals surface area contributed by atoms with Crippen LogP contribution in [-0.2, 0) is 4.84 Å². The summed E-state index contributed by atoms with van der Waals surface area (Å²) >= 11 is 0. The molecule has 2 rings (SSSR count). The molecule has 2 aliphatic heterocycles. The maximum atomic E-state index is 11.1. The van der Waals surface area contributed by atoms with Crippen LogP contribution in [0.3, 0.4) is 0 Å². The highest BCUT2D eigenvalue weighted by atomic mass is 16.7. The predicted octanol–water partition coefficient (Wildman–Crippen LogP) is 0.411. The quantitative estimate of drug-likeness (QED) is 0.577. The van der Waals surface area contributed by atoms with Crippen molar-refractivity contribution in [1.29, 1.82) is 0 Å². The summed E-state index contributed by atoms with van der Waals surface area (Å²) < 4.78 is 0. The topological polar surface area (TPSA) is 58.8 Å². The van der Waals surface area contributed by atoms with Crippen molar-refractivity contribution in [2.75, 3.05) is 20.1 Å². The molecule has 2 unspecified atom stereocenters. The van der Waals surface area contributed by atoms with E-state index in [9.17, 15) is 4.79 Å². The number of nitrogens with zero attached hydrogens (tertiary/aromatic N) is 2. The van der Waals surface area contributed by atoms with E-state index in [1.54, 1.807) is 4.90 Å². The maximum Gasteiger partial charge on any atom is 0.428 e. The molecule has 2 saturated heterocycles. The standard InChI is InChI=1S/C7H13N3O2.C2H6/c1-9-3-6-2-5(9)4-10(6)7(11)12-8;1-2/h5-6H,2-4,8H2,1H3;1-2H3. The maximum absolute atomic E-state index is 11.1. The van der Waals surface area contributed by atoms with Gasteiger partial charge >= 0.3 is 6.09 Å². The molecule has 2 fully saturated rings. The second kappa shape index (κ2) is 4.61. The van der Waals surface area contributed by atoms with E-state index in [0.29, 0.717) is 12.1 Å². The van der Waals surface area contributed by atoms with Gasteiger partial charge in [-0.1, -0.05) is 13.8 Å². The van der Waals surface area contributed by atoms with Crippen LogP contribution in [0.5, 0.6) is 0 Å². The van der Waals surface area contributed by atoms with Crippen LogP contribution in [0.1, 0.15) is 20.3 Å². The molecule has 0 aliphatic carbocycles. The fourth-order valence-electron chi connectivity index (χ4n) is 2.16. The summed E-state index contributed by atoms with van der Waals surface area (Å²) in [7, 11) is 2.08. The van der Waals surface area contributed by atoms with Gasteiger partial charge in [-0.3, -0.25) is 4.90 Å². The lowest BCUT2D eigenvalue weighted by Crippen LogP contribution is -2.47. The van der Waals surface area contributed by atoms with E-state index in [1.807, 2.05) is 13.8 Å². The van der Waals surface area contributed by atoms with E-state index in [0.717, 1.165) is 19.5 Å². The second-order valence-corrected chi connectivity index (χ2v) is 3.52. The highest BCUT2D eigenvalue weighted by Crippen LogP contribution is 2.29. The van der Waals surface area contributed by atoms with Gasteiger partial charge in [0, 0.05) is 25.2 Å². The van der Waals surface area contributed by atoms with Gasteiger partial charge in [-0.25, -0.2) is 4.79 Å². The zero-order valence-electron chi connectivity index (χ0n) is 9.06. The van der Waals surface area contributed by atoms with E-state index in [2.05, 4.69) is 16.8 Å². The molecule has 0 spiro atoms. The number of fused-ring (bicyclic) bond motifs is 2. The van der Waals surface area contributed by atoms with Crippen LogP contribution in [0.2, 0.25) is 0 Å². The van der Waals surface area contributed by atoms with E-state index in [-0.39, 0.29) is 0 Å². The van der Waals surface area contributed by atoms with E-state index in [1.165, 1.54) is 0 Å². The fraction of sp³-hybridized carbons (Fsp3) is 0.889.